The Morgan fingerprint density at radius 2 is 1.44 bits per heavy atom. The second-order valence-electron chi connectivity index (χ2n) is 8.43. The number of nitrogens with zero attached hydrogens (tertiary/aromatic N) is 1. The van der Waals surface area contributed by atoms with Crippen molar-refractivity contribution in [3.8, 4) is 5.75 Å². The summed E-state index contributed by atoms with van der Waals surface area (Å²) >= 11 is 0. The predicted molar refractivity (Wildman–Crippen MR) is 124 cm³/mol. The molecule has 0 N–H and O–H groups in total. The van der Waals surface area contributed by atoms with E-state index in [4.69, 9.17) is 9.47 Å². The maximum atomic E-state index is 13.1. The van der Waals surface area contributed by atoms with Crippen molar-refractivity contribution in [2.75, 3.05) is 0 Å². The molecule has 3 aromatic rings. The number of piperidine rings is 1. The lowest BCUT2D eigenvalue weighted by Crippen LogP contribution is -2.50. The third-order valence-electron chi connectivity index (χ3n) is 6.32. The minimum absolute atomic E-state index is 0.00908. The van der Waals surface area contributed by atoms with Gasteiger partial charge in [0, 0.05) is 5.92 Å². The van der Waals surface area contributed by atoms with Crippen molar-refractivity contribution in [1.29, 1.82) is 0 Å². The van der Waals surface area contributed by atoms with Gasteiger partial charge in [0.25, 0.3) is 0 Å². The first-order valence-electron chi connectivity index (χ1n) is 11.2. The van der Waals surface area contributed by atoms with E-state index >= 15 is 0 Å². The van der Waals surface area contributed by atoms with Crippen LogP contribution in [-0.2, 0) is 18.0 Å². The Morgan fingerprint density at radius 3 is 2.06 bits per heavy atom. The molecule has 0 spiro atoms. The van der Waals surface area contributed by atoms with Gasteiger partial charge < -0.3 is 9.47 Å². The fourth-order valence-electron chi connectivity index (χ4n) is 4.69. The van der Waals surface area contributed by atoms with E-state index in [1.165, 1.54) is 0 Å². The van der Waals surface area contributed by atoms with Crippen molar-refractivity contribution in [3.63, 3.8) is 0 Å². The number of amides is 1. The van der Waals surface area contributed by atoms with Crippen LogP contribution in [-0.4, -0.2) is 17.0 Å². The number of carbonyl (C=O) groups excluding carboxylic acids is 1. The van der Waals surface area contributed by atoms with E-state index in [9.17, 15) is 4.79 Å². The molecule has 0 aromatic heterocycles. The Hall–Kier alpha value is -3.53. The van der Waals surface area contributed by atoms with E-state index in [1.54, 1.807) is 0 Å². The molecular weight excluding hydrogens is 398 g/mol. The van der Waals surface area contributed by atoms with Gasteiger partial charge >= 0.3 is 6.09 Å². The van der Waals surface area contributed by atoms with Gasteiger partial charge in [0.05, 0.1) is 12.1 Å². The Morgan fingerprint density at radius 1 is 0.781 bits per heavy atom. The fourth-order valence-corrected chi connectivity index (χ4v) is 4.69. The molecule has 6 rings (SSSR count). The Kier molecular flexibility index (Phi) is 5.93. The summed E-state index contributed by atoms with van der Waals surface area (Å²) in [5.41, 5.74) is 3.25. The maximum absolute atomic E-state index is 13.1. The number of hydrogen-bond donors (Lipinski definition) is 0. The summed E-state index contributed by atoms with van der Waals surface area (Å²) in [6.07, 6.45) is 6.24. The third kappa shape index (κ3) is 4.40. The van der Waals surface area contributed by atoms with Gasteiger partial charge in [0.2, 0.25) is 0 Å². The highest BCUT2D eigenvalue weighted by molar-refractivity contribution is 5.70. The molecule has 162 valence electrons. The molecule has 4 heteroatoms. The molecular formula is C28H27NO3. The van der Waals surface area contributed by atoms with E-state index in [0.29, 0.717) is 12.5 Å². The number of rotatable bonds is 6. The van der Waals surface area contributed by atoms with E-state index in [0.717, 1.165) is 35.3 Å². The third-order valence-corrected chi connectivity index (χ3v) is 6.32. The lowest BCUT2D eigenvalue weighted by atomic mass is 9.77. The smallest absolute Gasteiger partial charge is 0.411 e. The topological polar surface area (TPSA) is 38.8 Å². The van der Waals surface area contributed by atoms with Crippen molar-refractivity contribution in [3.05, 3.63) is 114 Å². The van der Waals surface area contributed by atoms with Gasteiger partial charge in [0.1, 0.15) is 19.0 Å². The van der Waals surface area contributed by atoms with Crippen molar-refractivity contribution in [2.45, 2.75) is 38.1 Å². The largest absolute Gasteiger partial charge is 0.489 e. The predicted octanol–water partition coefficient (Wildman–Crippen LogP) is 6.29. The SMILES string of the molecule is O=C(OCc1ccccc1)N1[C@H]2C=C[C@@H](CC2)[C@@H]1c1ccc(OCc2ccccc2)cc1. The van der Waals surface area contributed by atoms with Crippen LogP contribution in [0.1, 0.15) is 35.6 Å². The number of hydrogen-bond acceptors (Lipinski definition) is 3. The first-order valence-corrected chi connectivity index (χ1v) is 11.2. The number of ether oxygens (including phenoxy) is 2. The zero-order chi connectivity index (χ0) is 21.8. The average molecular weight is 426 g/mol. The first-order chi connectivity index (χ1) is 15.8. The average Bonchev–Trinajstić information content (AvgIpc) is 2.88. The van der Waals surface area contributed by atoms with Crippen LogP contribution in [0.3, 0.4) is 0 Å². The highest BCUT2D eigenvalue weighted by atomic mass is 16.6. The monoisotopic (exact) mass is 425 g/mol. The molecule has 1 fully saturated rings. The van der Waals surface area contributed by atoms with E-state index in [-0.39, 0.29) is 24.8 Å². The van der Waals surface area contributed by atoms with Gasteiger partial charge in [-0.05, 0) is 41.7 Å². The van der Waals surface area contributed by atoms with Gasteiger partial charge in [-0.3, -0.25) is 4.90 Å². The highest BCUT2D eigenvalue weighted by Gasteiger charge is 2.42. The van der Waals surface area contributed by atoms with Gasteiger partial charge in [-0.15, -0.1) is 0 Å². The molecule has 3 aliphatic rings. The molecule has 3 aromatic carbocycles. The Labute approximate surface area is 189 Å². The number of carbonyl (C=O) groups is 1. The summed E-state index contributed by atoms with van der Waals surface area (Å²) in [5.74, 6) is 1.13. The summed E-state index contributed by atoms with van der Waals surface area (Å²) in [7, 11) is 0. The summed E-state index contributed by atoms with van der Waals surface area (Å²) in [5, 5.41) is 0. The van der Waals surface area contributed by atoms with Crippen LogP contribution >= 0.6 is 0 Å². The molecule has 0 radical (unpaired) electrons. The van der Waals surface area contributed by atoms with E-state index in [1.807, 2.05) is 65.6 Å². The van der Waals surface area contributed by atoms with Gasteiger partial charge in [-0.25, -0.2) is 4.79 Å². The summed E-state index contributed by atoms with van der Waals surface area (Å²) in [4.78, 5) is 15.0. The fraction of sp³-hybridized carbons (Fsp3) is 0.250. The second kappa shape index (κ2) is 9.31. The van der Waals surface area contributed by atoms with Gasteiger partial charge in [-0.1, -0.05) is 84.9 Å². The van der Waals surface area contributed by atoms with Crippen LogP contribution in [0.2, 0.25) is 0 Å². The van der Waals surface area contributed by atoms with Crippen molar-refractivity contribution >= 4 is 6.09 Å². The highest BCUT2D eigenvalue weighted by Crippen LogP contribution is 2.44. The molecule has 2 aliphatic heterocycles. The van der Waals surface area contributed by atoms with E-state index < -0.39 is 0 Å². The maximum Gasteiger partial charge on any atom is 0.411 e. The quantitative estimate of drug-likeness (QED) is 0.436. The molecule has 2 bridgehead atoms. The van der Waals surface area contributed by atoms with Crippen molar-refractivity contribution < 1.29 is 14.3 Å². The van der Waals surface area contributed by atoms with Gasteiger partial charge in [0.15, 0.2) is 0 Å². The zero-order valence-corrected chi connectivity index (χ0v) is 18.0. The molecule has 4 nitrogen and oxygen atoms in total. The van der Waals surface area contributed by atoms with Crippen LogP contribution in [0.25, 0.3) is 0 Å². The molecule has 0 saturated carbocycles. The second-order valence-corrected chi connectivity index (χ2v) is 8.43. The van der Waals surface area contributed by atoms with Gasteiger partial charge in [-0.2, -0.15) is 0 Å². The van der Waals surface area contributed by atoms with Crippen molar-refractivity contribution in [2.24, 2.45) is 5.92 Å². The van der Waals surface area contributed by atoms with Crippen LogP contribution in [0.15, 0.2) is 97.1 Å². The first kappa shape index (κ1) is 20.4. The molecule has 1 aliphatic carbocycles. The lowest BCUT2D eigenvalue weighted by Gasteiger charge is -2.47. The summed E-state index contributed by atoms with van der Waals surface area (Å²) < 4.78 is 11.7. The Bertz CT molecular complexity index is 1060. The molecule has 0 unspecified atom stereocenters. The number of fused-ring (bicyclic) bond motifs is 2. The summed E-state index contributed by atoms with van der Waals surface area (Å²) in [6.45, 7) is 0.825. The number of benzene rings is 3. The van der Waals surface area contributed by atoms with E-state index in [2.05, 4.69) is 36.4 Å². The molecule has 2 heterocycles. The van der Waals surface area contributed by atoms with Crippen LogP contribution < -0.4 is 4.74 Å². The lowest BCUT2D eigenvalue weighted by molar-refractivity contribution is 0.0325. The molecule has 1 saturated heterocycles. The van der Waals surface area contributed by atoms with Crippen LogP contribution in [0.5, 0.6) is 5.75 Å². The van der Waals surface area contributed by atoms with Crippen LogP contribution in [0, 0.1) is 5.92 Å². The van der Waals surface area contributed by atoms with Crippen LogP contribution in [0.4, 0.5) is 4.79 Å². The summed E-state index contributed by atoms with van der Waals surface area (Å²) in [6, 6.07) is 28.2. The molecule has 1 amide bonds. The normalized spacial score (nSPS) is 21.4. The zero-order valence-electron chi connectivity index (χ0n) is 18.0. The Balaban J connectivity index is 1.29. The minimum Gasteiger partial charge on any atom is -0.489 e. The molecule has 3 atom stereocenters. The standard InChI is InChI=1S/C28H27NO3/c30-28(32-20-22-9-5-2-6-10-22)29-25-15-11-23(12-16-25)27(29)24-13-17-26(18-14-24)31-19-21-7-3-1-4-8-21/h1-11,13-15,17-18,23,25,27H,12,16,19-20H2/t23-,25-,27+/m0/s1. The van der Waals surface area contributed by atoms with Crippen molar-refractivity contribution in [1.82, 2.24) is 4.90 Å². The minimum atomic E-state index is -0.248. The molecule has 32 heavy (non-hydrogen) atoms.